The van der Waals surface area contributed by atoms with E-state index in [0.717, 1.165) is 0 Å². The van der Waals surface area contributed by atoms with Crippen LogP contribution in [0.25, 0.3) is 0 Å². The van der Waals surface area contributed by atoms with Gasteiger partial charge in [-0.2, -0.15) is 0 Å². The number of methoxy groups -OCH3 is 1. The van der Waals surface area contributed by atoms with Gasteiger partial charge in [-0.25, -0.2) is 5.48 Å². The van der Waals surface area contributed by atoms with E-state index in [9.17, 15) is 40.2 Å². The highest BCUT2D eigenvalue weighted by Gasteiger charge is 2.51. The van der Waals surface area contributed by atoms with Crippen molar-refractivity contribution in [2.45, 2.75) is 186 Å². The predicted molar refractivity (Wildman–Crippen MR) is 202 cm³/mol. The van der Waals surface area contributed by atoms with Crippen molar-refractivity contribution in [1.29, 1.82) is 0 Å². The molecule has 0 saturated carbocycles. The van der Waals surface area contributed by atoms with Crippen LogP contribution in [0.15, 0.2) is 11.3 Å². The molecule has 0 bridgehead atoms. The first-order chi connectivity index (χ1) is 25.3. The van der Waals surface area contributed by atoms with Crippen LogP contribution in [0, 0.1) is 17.8 Å². The minimum absolute atomic E-state index is 0.0953. The number of hydrogen-bond donors (Lipinski definition) is 7. The van der Waals surface area contributed by atoms with E-state index >= 15 is 0 Å². The van der Waals surface area contributed by atoms with Gasteiger partial charge in [0.1, 0.15) is 17.8 Å². The van der Waals surface area contributed by atoms with Crippen LogP contribution in [0.4, 0.5) is 0 Å². The number of ether oxygens (including phenoxy) is 5. The lowest BCUT2D eigenvalue weighted by atomic mass is 9.76. The van der Waals surface area contributed by atoms with Crippen molar-refractivity contribution < 1.29 is 68.8 Å². The molecule has 16 atom stereocenters. The van der Waals surface area contributed by atoms with Gasteiger partial charge in [0, 0.05) is 44.8 Å². The molecule has 16 unspecified atom stereocenters. The van der Waals surface area contributed by atoms with Gasteiger partial charge in [-0.05, 0) is 80.5 Å². The number of aliphatic hydroxyl groups excluding tert-OH is 4. The summed E-state index contributed by atoms with van der Waals surface area (Å²) < 4.78 is 30.6. The summed E-state index contributed by atoms with van der Waals surface area (Å²) in [6, 6.07) is -0.366. The molecule has 322 valence electrons. The van der Waals surface area contributed by atoms with Gasteiger partial charge in [0.15, 0.2) is 12.6 Å². The van der Waals surface area contributed by atoms with E-state index in [2.05, 4.69) is 5.48 Å². The van der Waals surface area contributed by atoms with E-state index in [1.54, 1.807) is 41.5 Å². The van der Waals surface area contributed by atoms with E-state index in [-0.39, 0.29) is 37.1 Å². The molecule has 2 aliphatic rings. The number of hydroxylamine groups is 1. The molecule has 55 heavy (non-hydrogen) atoms. The average Bonchev–Trinajstić information content (AvgIpc) is 3.10. The summed E-state index contributed by atoms with van der Waals surface area (Å²) in [5, 5.41) is 69.8. The first-order valence-electron chi connectivity index (χ1n) is 19.5. The maximum atomic E-state index is 14.1. The molecule has 2 rings (SSSR count). The third-order valence-corrected chi connectivity index (χ3v) is 11.7. The average molecular weight is 793 g/mol. The van der Waals surface area contributed by atoms with Crippen LogP contribution in [0.3, 0.4) is 0 Å². The van der Waals surface area contributed by atoms with E-state index in [0.29, 0.717) is 18.4 Å². The molecule has 2 heterocycles. The number of aliphatic hydroxyl groups is 6. The predicted octanol–water partition coefficient (Wildman–Crippen LogP) is 1.91. The summed E-state index contributed by atoms with van der Waals surface area (Å²) in [5.41, 5.74) is -1.95. The van der Waals surface area contributed by atoms with Crippen LogP contribution < -0.4 is 5.48 Å². The zero-order valence-electron chi connectivity index (χ0n) is 35.4. The Morgan fingerprint density at radius 1 is 1.09 bits per heavy atom. The fraction of sp³-hybridized carbons (Fsp3) is 0.897. The maximum absolute atomic E-state index is 14.1. The van der Waals surface area contributed by atoms with Gasteiger partial charge in [-0.3, -0.25) is 9.59 Å². The van der Waals surface area contributed by atoms with Gasteiger partial charge < -0.3 is 64.1 Å². The fourth-order valence-electron chi connectivity index (χ4n) is 8.15. The van der Waals surface area contributed by atoms with Crippen LogP contribution in [-0.4, -0.2) is 147 Å². The highest BCUT2D eigenvalue weighted by atomic mass is 16.7. The molecule has 0 spiro atoms. The number of likely N-dealkylation sites (N-methyl/N-ethyl adjacent to an activating group) is 1. The molecule has 1 saturated heterocycles. The molecular formula is C39H72N2O14. The summed E-state index contributed by atoms with van der Waals surface area (Å²) in [6.07, 6.45) is -10.2. The van der Waals surface area contributed by atoms with Gasteiger partial charge in [0.05, 0.1) is 53.3 Å². The van der Waals surface area contributed by atoms with Gasteiger partial charge in [0.25, 0.3) is 0 Å². The molecule has 7 N–H and O–H groups in total. The van der Waals surface area contributed by atoms with E-state index in [1.807, 2.05) is 25.9 Å². The normalized spacial score (nSPS) is 40.7. The number of hydrogen-bond acceptors (Lipinski definition) is 16. The molecular weight excluding hydrogens is 720 g/mol. The summed E-state index contributed by atoms with van der Waals surface area (Å²) in [7, 11) is 5.06. The van der Waals surface area contributed by atoms with Crippen molar-refractivity contribution >= 4 is 11.9 Å². The van der Waals surface area contributed by atoms with Crippen LogP contribution >= 0.6 is 0 Å². The number of nitrogens with zero attached hydrogens (tertiary/aromatic N) is 1. The van der Waals surface area contributed by atoms with Crippen molar-refractivity contribution in [3.8, 4) is 0 Å². The van der Waals surface area contributed by atoms with Gasteiger partial charge in [-0.1, -0.05) is 27.7 Å². The number of cyclic esters (lactones) is 1. The molecule has 0 amide bonds. The van der Waals surface area contributed by atoms with Crippen molar-refractivity contribution in [3.63, 3.8) is 0 Å². The molecule has 0 aromatic heterocycles. The Morgan fingerprint density at radius 3 is 2.20 bits per heavy atom. The van der Waals surface area contributed by atoms with Gasteiger partial charge in [0.2, 0.25) is 0 Å². The van der Waals surface area contributed by atoms with Crippen LogP contribution in [-0.2, 0) is 38.1 Å². The summed E-state index contributed by atoms with van der Waals surface area (Å²) in [6.45, 7) is 17.4. The third-order valence-electron chi connectivity index (χ3n) is 11.7. The number of carbonyl (C=O) groups excluding carboxylic acids is 2. The van der Waals surface area contributed by atoms with E-state index in [1.165, 1.54) is 34.8 Å². The third kappa shape index (κ3) is 12.0. The van der Waals surface area contributed by atoms with Crippen molar-refractivity contribution in [2.75, 3.05) is 21.2 Å². The quantitative estimate of drug-likeness (QED) is 0.0803. The minimum atomic E-state index is -2.03. The van der Waals surface area contributed by atoms with Crippen LogP contribution in [0.2, 0.25) is 0 Å². The number of carbonyl (C=O) groups is 2. The Kier molecular flexibility index (Phi) is 18.0. The number of rotatable bonds is 13. The molecule has 1 fully saturated rings. The molecule has 16 nitrogen and oxygen atoms in total. The molecule has 0 aliphatic carbocycles. The van der Waals surface area contributed by atoms with E-state index in [4.69, 9.17) is 28.5 Å². The smallest absolute Gasteiger partial charge is 0.329 e. The first-order valence-corrected chi connectivity index (χ1v) is 19.5. The highest BCUT2D eigenvalue weighted by molar-refractivity contribution is 5.73. The Hall–Kier alpha value is -1.96. The Labute approximate surface area is 327 Å². The molecule has 0 aromatic carbocycles. The summed E-state index contributed by atoms with van der Waals surface area (Å²) >= 11 is 0. The SMILES string of the molecule is CCC(O)C(C)(CC(O)OC1C(C)C(=O)OC(CC)C(C)(O)C(O)C(C)/C(NOC(C)=O)=C(/C)CC(C)(O)C(OC2OC(C)CC(N(C)C)C2O)C1C)OC. The Balaban J connectivity index is 2.90. The zero-order valence-corrected chi connectivity index (χ0v) is 35.4. The first kappa shape index (κ1) is 49.2. The summed E-state index contributed by atoms with van der Waals surface area (Å²) in [4.78, 5) is 33.1. The molecule has 16 heteroatoms. The maximum Gasteiger partial charge on any atom is 0.329 e. The van der Waals surface area contributed by atoms with Crippen LogP contribution in [0.1, 0.15) is 108 Å². The lowest BCUT2D eigenvalue weighted by Crippen LogP contribution is -2.60. The molecule has 0 aromatic rings. The van der Waals surface area contributed by atoms with Crippen molar-refractivity contribution in [1.82, 2.24) is 10.4 Å². The monoisotopic (exact) mass is 792 g/mol. The zero-order chi connectivity index (χ0) is 42.4. The van der Waals surface area contributed by atoms with Crippen molar-refractivity contribution in [2.24, 2.45) is 17.8 Å². The van der Waals surface area contributed by atoms with Crippen molar-refractivity contribution in [3.05, 3.63) is 11.3 Å². The minimum Gasteiger partial charge on any atom is -0.459 e. The second-order valence-electron chi connectivity index (χ2n) is 16.7. The van der Waals surface area contributed by atoms with Gasteiger partial charge >= 0.3 is 11.9 Å². The molecule has 0 radical (unpaired) electrons. The Morgan fingerprint density at radius 2 is 1.69 bits per heavy atom. The number of nitrogens with one attached hydrogen (secondary N) is 1. The Bertz CT molecular complexity index is 1280. The lowest BCUT2D eigenvalue weighted by Gasteiger charge is -2.47. The number of esters is 1. The largest absolute Gasteiger partial charge is 0.459 e. The second kappa shape index (κ2) is 20.1. The lowest BCUT2D eigenvalue weighted by molar-refractivity contribution is -0.303. The van der Waals surface area contributed by atoms with E-state index < -0.39 is 95.7 Å². The second-order valence-corrected chi connectivity index (χ2v) is 16.7. The molecule has 2 aliphatic heterocycles. The van der Waals surface area contributed by atoms with Crippen LogP contribution in [0.5, 0.6) is 0 Å². The summed E-state index contributed by atoms with van der Waals surface area (Å²) in [5.74, 6) is -4.63. The van der Waals surface area contributed by atoms with Gasteiger partial charge in [-0.15, -0.1) is 0 Å². The topological polar surface area (TPSA) is 226 Å². The fourth-order valence-corrected chi connectivity index (χ4v) is 8.15. The highest BCUT2D eigenvalue weighted by Crippen LogP contribution is 2.40. The standard InChI is InChI=1S/C39H72N2O14/c1-15-27(43)38(10,50-14)19-29(44)53-32-23(6)34(54-36-31(45)26(41(12)13)17-21(4)51-36)37(9,48)18-20(3)30(40-55-25(8)42)22(5)33(46)39(11,49)28(16-2)52-35(47)24(32)7/h21-24,26-29,31-34,36,40,43-46,48-49H,15-19H2,1-14H3/b30-20+.